The molecule has 0 atom stereocenters. The number of aryl methyl sites for hydroxylation is 1. The van der Waals surface area contributed by atoms with Crippen molar-refractivity contribution in [3.05, 3.63) is 42.0 Å². The van der Waals surface area contributed by atoms with Crippen LogP contribution >= 0.6 is 11.3 Å². The molecule has 4 N–H and O–H groups in total. The zero-order valence-electron chi connectivity index (χ0n) is 21.7. The number of ether oxygens (including phenoxy) is 3. The molecule has 236 valence electrons. The van der Waals surface area contributed by atoms with Crippen LogP contribution in [0.25, 0.3) is 21.3 Å². The van der Waals surface area contributed by atoms with Gasteiger partial charge in [0.2, 0.25) is 5.95 Å². The summed E-state index contributed by atoms with van der Waals surface area (Å²) in [6, 6.07) is 8.38. The Morgan fingerprint density at radius 2 is 1.58 bits per heavy atom. The fourth-order valence-electron chi connectivity index (χ4n) is 3.31. The van der Waals surface area contributed by atoms with Gasteiger partial charge in [-0.15, -0.1) is 39.5 Å². The Kier molecular flexibility index (Phi) is 10.6. The Balaban J connectivity index is 0.000000557. The molecule has 4 aromatic rings. The van der Waals surface area contributed by atoms with Crippen LogP contribution < -0.4 is 21.1 Å². The van der Waals surface area contributed by atoms with Crippen LogP contribution in [0.3, 0.4) is 0 Å². The van der Waals surface area contributed by atoms with Crippen molar-refractivity contribution in [1.29, 1.82) is 0 Å². The number of nitrogens with one attached hydrogen (secondary N) is 2. The van der Waals surface area contributed by atoms with Gasteiger partial charge in [-0.05, 0) is 30.3 Å². The molecule has 2 heterocycles. The van der Waals surface area contributed by atoms with Crippen molar-refractivity contribution in [1.82, 2.24) is 19.9 Å². The molecular formula is C23H21F9N6O4S. The first-order valence-corrected chi connectivity index (χ1v) is 12.6. The summed E-state index contributed by atoms with van der Waals surface area (Å²) in [7, 11) is 1.70. The first-order valence-electron chi connectivity index (χ1n) is 11.7. The first kappa shape index (κ1) is 33.6. The molecule has 0 bridgehead atoms. The minimum absolute atomic E-state index is 0.112. The zero-order chi connectivity index (χ0) is 32.0. The Bertz CT molecular complexity index is 1540. The van der Waals surface area contributed by atoms with E-state index < -0.39 is 38.2 Å². The van der Waals surface area contributed by atoms with Crippen LogP contribution in [-0.2, 0) is 16.5 Å². The monoisotopic (exact) mass is 648 g/mol. The van der Waals surface area contributed by atoms with Crippen molar-refractivity contribution in [2.24, 2.45) is 12.8 Å². The number of amides is 1. The van der Waals surface area contributed by atoms with Crippen molar-refractivity contribution in [3.63, 3.8) is 0 Å². The predicted octanol–water partition coefficient (Wildman–Crippen LogP) is 5.57. The van der Waals surface area contributed by atoms with Gasteiger partial charge in [0.15, 0.2) is 5.13 Å². The van der Waals surface area contributed by atoms with Gasteiger partial charge in [-0.2, -0.15) is 0 Å². The molecule has 0 spiro atoms. The number of fused-ring (bicyclic) bond motifs is 2. The summed E-state index contributed by atoms with van der Waals surface area (Å²) in [5, 5.41) is 5.69. The lowest BCUT2D eigenvalue weighted by molar-refractivity contribution is -0.324. The first-order chi connectivity index (χ1) is 19.9. The largest absolute Gasteiger partial charge is 0.573 e. The molecule has 0 unspecified atom stereocenters. The van der Waals surface area contributed by atoms with Gasteiger partial charge in [-0.1, -0.05) is 11.3 Å². The third kappa shape index (κ3) is 10.7. The van der Waals surface area contributed by atoms with E-state index in [0.717, 1.165) is 17.4 Å². The highest BCUT2D eigenvalue weighted by Crippen LogP contribution is 2.33. The third-order valence-electron chi connectivity index (χ3n) is 4.99. The van der Waals surface area contributed by atoms with Gasteiger partial charge in [0.1, 0.15) is 5.75 Å². The number of carbonyl (C=O) groups is 1. The Labute approximate surface area is 239 Å². The average Bonchev–Trinajstić information content (AvgIpc) is 3.42. The summed E-state index contributed by atoms with van der Waals surface area (Å²) in [4.78, 5) is 21.0. The summed E-state index contributed by atoms with van der Waals surface area (Å²) in [5.74, 6) is -0.610. The smallest absolute Gasteiger partial charge is 0.406 e. The number of rotatable bonds is 9. The van der Waals surface area contributed by atoms with Crippen LogP contribution in [0, 0.1) is 0 Å². The molecule has 2 aromatic heterocycles. The van der Waals surface area contributed by atoms with Gasteiger partial charge in [0.05, 0.1) is 34.5 Å². The second-order valence-electron chi connectivity index (χ2n) is 8.15. The summed E-state index contributed by atoms with van der Waals surface area (Å²) < 4.78 is 119. The molecule has 10 nitrogen and oxygen atoms in total. The van der Waals surface area contributed by atoms with Crippen LogP contribution in [-0.4, -0.2) is 65.8 Å². The maximum Gasteiger partial charge on any atom is 0.573 e. The highest BCUT2D eigenvalue weighted by Gasteiger charge is 2.31. The molecule has 0 aliphatic heterocycles. The maximum absolute atomic E-state index is 12.4. The third-order valence-corrected chi connectivity index (χ3v) is 5.93. The molecule has 0 saturated heterocycles. The maximum atomic E-state index is 12.4. The number of imidazole rings is 1. The standard InChI is InChI=1S/C20H15F6N5O3S.C3H6F3NO/c1-31-14-5-2-10(16(32)27-6-7-33-19(21,22)23)8-13(14)28-17(31)30-18-29-12-4-3-11(9-15(12)35-18)34-20(24,25)26;4-3(5,6)8-2-1-7/h2-5,8-9H,6-7H2,1H3,(H,27,32)(H,28,29,30);1-2,7H2. The normalized spacial score (nSPS) is 12.3. The molecule has 4 rings (SSSR count). The van der Waals surface area contributed by atoms with Crippen molar-refractivity contribution < 1.29 is 58.5 Å². The van der Waals surface area contributed by atoms with E-state index >= 15 is 0 Å². The number of carbonyl (C=O) groups excluding carboxylic acids is 1. The highest BCUT2D eigenvalue weighted by atomic mass is 32.1. The van der Waals surface area contributed by atoms with E-state index in [9.17, 15) is 44.3 Å². The average molecular weight is 649 g/mol. The van der Waals surface area contributed by atoms with E-state index in [1.165, 1.54) is 24.3 Å². The van der Waals surface area contributed by atoms with E-state index in [0.29, 0.717) is 32.3 Å². The number of benzene rings is 2. The predicted molar refractivity (Wildman–Crippen MR) is 136 cm³/mol. The topological polar surface area (TPSA) is 126 Å². The number of alkyl halides is 9. The Morgan fingerprint density at radius 1 is 0.907 bits per heavy atom. The highest BCUT2D eigenvalue weighted by molar-refractivity contribution is 7.22. The van der Waals surface area contributed by atoms with Crippen molar-refractivity contribution >= 4 is 49.6 Å². The minimum atomic E-state index is -4.81. The number of anilines is 2. The van der Waals surface area contributed by atoms with Crippen LogP contribution in [0.5, 0.6) is 5.75 Å². The molecule has 20 heteroatoms. The lowest BCUT2D eigenvalue weighted by atomic mass is 10.2. The zero-order valence-corrected chi connectivity index (χ0v) is 22.5. The van der Waals surface area contributed by atoms with Crippen LogP contribution in [0.4, 0.5) is 50.6 Å². The van der Waals surface area contributed by atoms with E-state index in [2.05, 4.69) is 34.8 Å². The quantitative estimate of drug-likeness (QED) is 0.159. The second-order valence-corrected chi connectivity index (χ2v) is 9.18. The van der Waals surface area contributed by atoms with Gasteiger partial charge in [0.25, 0.3) is 5.91 Å². The lowest BCUT2D eigenvalue weighted by Crippen LogP contribution is -2.29. The summed E-state index contributed by atoms with van der Waals surface area (Å²) >= 11 is 1.09. The van der Waals surface area contributed by atoms with Gasteiger partial charge < -0.3 is 25.7 Å². The van der Waals surface area contributed by atoms with Crippen LogP contribution in [0.2, 0.25) is 0 Å². The Hall–Kier alpha value is -3.88. The minimum Gasteiger partial charge on any atom is -0.406 e. The number of hydrogen-bond acceptors (Lipinski definition) is 9. The number of halogens is 9. The lowest BCUT2D eigenvalue weighted by Gasteiger charge is -2.08. The molecule has 1 amide bonds. The number of aromatic nitrogens is 3. The van der Waals surface area contributed by atoms with Gasteiger partial charge >= 0.3 is 19.1 Å². The Morgan fingerprint density at radius 3 is 2.19 bits per heavy atom. The van der Waals surface area contributed by atoms with Crippen LogP contribution in [0.15, 0.2) is 36.4 Å². The molecule has 43 heavy (non-hydrogen) atoms. The molecule has 0 radical (unpaired) electrons. The number of nitrogens with two attached hydrogens (primary N) is 1. The summed E-state index contributed by atoms with van der Waals surface area (Å²) in [6.45, 7) is -1.64. The van der Waals surface area contributed by atoms with Crippen molar-refractivity contribution in [2.75, 3.05) is 31.6 Å². The molecule has 0 aliphatic rings. The van der Waals surface area contributed by atoms with Crippen LogP contribution in [0.1, 0.15) is 10.4 Å². The van der Waals surface area contributed by atoms with Gasteiger partial charge in [-0.25, -0.2) is 9.97 Å². The molecule has 0 aliphatic carbocycles. The molecule has 2 aromatic carbocycles. The van der Waals surface area contributed by atoms with E-state index in [-0.39, 0.29) is 24.4 Å². The fourth-order valence-corrected chi connectivity index (χ4v) is 4.20. The molecule has 0 saturated carbocycles. The molecule has 0 fully saturated rings. The van der Waals surface area contributed by atoms with E-state index in [4.69, 9.17) is 5.73 Å². The number of nitrogens with zero attached hydrogens (tertiary/aromatic N) is 3. The van der Waals surface area contributed by atoms with Crippen molar-refractivity contribution in [3.8, 4) is 5.75 Å². The van der Waals surface area contributed by atoms with Gasteiger partial charge in [-0.3, -0.25) is 14.3 Å². The molecular weight excluding hydrogens is 627 g/mol. The summed E-state index contributed by atoms with van der Waals surface area (Å²) in [6.07, 6.45) is -14.1. The fraction of sp³-hybridized carbons (Fsp3) is 0.348. The SMILES string of the molecule is Cn1c(Nc2nc3ccc(OC(F)(F)F)cc3s2)nc2cc(C(=O)NCCOC(F)(F)F)ccc21.NCCOC(F)(F)F. The number of hydrogen-bond donors (Lipinski definition) is 3. The van der Waals surface area contributed by atoms with E-state index in [1.807, 2.05) is 0 Å². The van der Waals surface area contributed by atoms with Crippen molar-refractivity contribution in [2.45, 2.75) is 19.1 Å². The number of thiazole rings is 1. The second kappa shape index (κ2) is 13.6. The summed E-state index contributed by atoms with van der Waals surface area (Å²) in [5.41, 5.74) is 6.43. The van der Waals surface area contributed by atoms with Gasteiger partial charge in [0, 0.05) is 31.8 Å². The van der Waals surface area contributed by atoms with E-state index in [1.54, 1.807) is 17.7 Å².